The molecule has 0 bridgehead atoms. The molecule has 0 rings (SSSR count). The Bertz CT molecular complexity index is 225. The third-order valence-corrected chi connectivity index (χ3v) is 2.81. The first-order valence-corrected chi connectivity index (χ1v) is 6.07. The Balaban J connectivity index is 4.32. The van der Waals surface area contributed by atoms with Gasteiger partial charge in [0.15, 0.2) is 5.78 Å². The van der Waals surface area contributed by atoms with E-state index in [1.807, 2.05) is 20.8 Å². The molecule has 0 fully saturated rings. The van der Waals surface area contributed by atoms with Crippen molar-refractivity contribution < 1.29 is 9.59 Å². The molecule has 0 aromatic carbocycles. The van der Waals surface area contributed by atoms with Crippen LogP contribution in [0.5, 0.6) is 0 Å². The fourth-order valence-corrected chi connectivity index (χ4v) is 1.77. The lowest BCUT2D eigenvalue weighted by Crippen LogP contribution is -2.47. The monoisotopic (exact) mass is 228 g/mol. The van der Waals surface area contributed by atoms with Crippen LogP contribution in [0.1, 0.15) is 40.5 Å². The van der Waals surface area contributed by atoms with Gasteiger partial charge in [0.05, 0.1) is 12.6 Å². The Morgan fingerprint density at radius 1 is 1.12 bits per heavy atom. The molecule has 2 N–H and O–H groups in total. The van der Waals surface area contributed by atoms with Crippen LogP contribution in [0.2, 0.25) is 0 Å². The number of nitrogens with one attached hydrogen (secondary N) is 2. The summed E-state index contributed by atoms with van der Waals surface area (Å²) in [6.07, 6.45) is 1.81. The number of hydrogen-bond donors (Lipinski definition) is 2. The average Bonchev–Trinajstić information content (AvgIpc) is 2.26. The fraction of sp³-hybridized carbons (Fsp3) is 0.833. The molecule has 0 saturated heterocycles. The van der Waals surface area contributed by atoms with Crippen molar-refractivity contribution >= 4 is 11.7 Å². The second-order valence-corrected chi connectivity index (χ2v) is 4.01. The predicted octanol–water partition coefficient (Wildman–Crippen LogP) is 1.11. The van der Waals surface area contributed by atoms with E-state index in [-0.39, 0.29) is 30.2 Å². The second-order valence-electron chi connectivity index (χ2n) is 4.01. The van der Waals surface area contributed by atoms with Gasteiger partial charge in [-0.15, -0.1) is 0 Å². The van der Waals surface area contributed by atoms with Gasteiger partial charge in [0.1, 0.15) is 0 Å². The highest BCUT2D eigenvalue weighted by Gasteiger charge is 2.24. The number of carbonyl (C=O) groups excluding carboxylic acids is 2. The Morgan fingerprint density at radius 2 is 1.69 bits per heavy atom. The summed E-state index contributed by atoms with van der Waals surface area (Å²) in [5.41, 5.74) is 0. The van der Waals surface area contributed by atoms with Gasteiger partial charge >= 0.3 is 0 Å². The molecular weight excluding hydrogens is 204 g/mol. The number of likely N-dealkylation sites (N-methyl/N-ethyl adjacent to an activating group) is 1. The van der Waals surface area contributed by atoms with Gasteiger partial charge < -0.3 is 10.6 Å². The van der Waals surface area contributed by atoms with Crippen LogP contribution in [-0.4, -0.2) is 30.8 Å². The van der Waals surface area contributed by atoms with E-state index in [2.05, 4.69) is 10.6 Å². The van der Waals surface area contributed by atoms with Crippen molar-refractivity contribution in [2.75, 3.05) is 13.1 Å². The van der Waals surface area contributed by atoms with Crippen LogP contribution >= 0.6 is 0 Å². The highest BCUT2D eigenvalue weighted by atomic mass is 16.2. The molecule has 1 unspecified atom stereocenters. The van der Waals surface area contributed by atoms with E-state index < -0.39 is 0 Å². The van der Waals surface area contributed by atoms with E-state index in [9.17, 15) is 9.59 Å². The van der Waals surface area contributed by atoms with Crippen molar-refractivity contribution in [1.29, 1.82) is 0 Å². The van der Waals surface area contributed by atoms with Crippen LogP contribution < -0.4 is 10.6 Å². The first-order valence-electron chi connectivity index (χ1n) is 6.07. The molecule has 0 aromatic heterocycles. The maximum Gasteiger partial charge on any atom is 0.234 e. The molecule has 4 heteroatoms. The lowest BCUT2D eigenvalue weighted by Gasteiger charge is -2.24. The summed E-state index contributed by atoms with van der Waals surface area (Å²) >= 11 is 0. The molecule has 16 heavy (non-hydrogen) atoms. The largest absolute Gasteiger partial charge is 0.345 e. The highest BCUT2D eigenvalue weighted by Crippen LogP contribution is 2.13. The Hall–Kier alpha value is -0.900. The van der Waals surface area contributed by atoms with E-state index in [4.69, 9.17) is 0 Å². The molecule has 0 radical (unpaired) electrons. The van der Waals surface area contributed by atoms with Crippen molar-refractivity contribution in [1.82, 2.24) is 10.6 Å². The van der Waals surface area contributed by atoms with E-state index in [1.54, 1.807) is 0 Å². The molecule has 4 nitrogen and oxygen atoms in total. The zero-order valence-corrected chi connectivity index (χ0v) is 10.8. The molecule has 94 valence electrons. The minimum atomic E-state index is -0.332. The number of hydrogen-bond acceptors (Lipinski definition) is 3. The van der Waals surface area contributed by atoms with Gasteiger partial charge in [0.25, 0.3) is 0 Å². The smallest absolute Gasteiger partial charge is 0.234 e. The van der Waals surface area contributed by atoms with Gasteiger partial charge in [-0.3, -0.25) is 9.59 Å². The maximum atomic E-state index is 11.5. The van der Waals surface area contributed by atoms with Crippen molar-refractivity contribution in [2.24, 2.45) is 5.92 Å². The zero-order chi connectivity index (χ0) is 12.6. The summed E-state index contributed by atoms with van der Waals surface area (Å²) in [4.78, 5) is 23.0. The average molecular weight is 228 g/mol. The molecule has 0 aromatic rings. The number of ketones is 1. The Labute approximate surface area is 98.2 Å². The minimum Gasteiger partial charge on any atom is -0.345 e. The van der Waals surface area contributed by atoms with Crippen LogP contribution in [-0.2, 0) is 9.59 Å². The van der Waals surface area contributed by atoms with Gasteiger partial charge in [0.2, 0.25) is 5.91 Å². The molecular formula is C12H24N2O2. The van der Waals surface area contributed by atoms with Crippen molar-refractivity contribution in [3.8, 4) is 0 Å². The molecule has 0 aliphatic rings. The summed E-state index contributed by atoms with van der Waals surface area (Å²) in [5, 5.41) is 5.75. The van der Waals surface area contributed by atoms with Crippen LogP contribution in [0.25, 0.3) is 0 Å². The summed E-state index contributed by atoms with van der Waals surface area (Å²) in [6, 6.07) is -0.332. The summed E-state index contributed by atoms with van der Waals surface area (Å²) in [7, 11) is 0. The third-order valence-electron chi connectivity index (χ3n) is 2.81. The zero-order valence-electron chi connectivity index (χ0n) is 10.8. The van der Waals surface area contributed by atoms with Gasteiger partial charge in [-0.1, -0.05) is 33.6 Å². The predicted molar refractivity (Wildman–Crippen MR) is 65.2 cm³/mol. The van der Waals surface area contributed by atoms with E-state index in [1.165, 1.54) is 6.92 Å². The summed E-state index contributed by atoms with van der Waals surface area (Å²) < 4.78 is 0. The van der Waals surface area contributed by atoms with E-state index in [0.717, 1.165) is 19.4 Å². The maximum absolute atomic E-state index is 11.5. The fourth-order valence-electron chi connectivity index (χ4n) is 1.77. The van der Waals surface area contributed by atoms with Gasteiger partial charge in [-0.25, -0.2) is 0 Å². The van der Waals surface area contributed by atoms with Gasteiger partial charge in [-0.2, -0.15) is 0 Å². The molecule has 1 atom stereocenters. The molecule has 0 aliphatic carbocycles. The third kappa shape index (κ3) is 5.26. The normalized spacial score (nSPS) is 12.6. The SMILES string of the molecule is CCNCC(=O)NC(C(C)=O)C(CC)CC. The molecule has 0 aliphatic heterocycles. The van der Waals surface area contributed by atoms with Crippen molar-refractivity contribution in [2.45, 2.75) is 46.6 Å². The van der Waals surface area contributed by atoms with Gasteiger partial charge in [-0.05, 0) is 19.4 Å². The Morgan fingerprint density at radius 3 is 2.06 bits per heavy atom. The van der Waals surface area contributed by atoms with E-state index >= 15 is 0 Å². The number of carbonyl (C=O) groups is 2. The summed E-state index contributed by atoms with van der Waals surface area (Å²) in [5.74, 6) is 0.176. The van der Waals surface area contributed by atoms with Crippen LogP contribution in [0.15, 0.2) is 0 Å². The van der Waals surface area contributed by atoms with E-state index in [0.29, 0.717) is 0 Å². The summed E-state index contributed by atoms with van der Waals surface area (Å²) in [6.45, 7) is 8.60. The first-order chi connectivity index (χ1) is 7.56. The number of rotatable bonds is 8. The van der Waals surface area contributed by atoms with Crippen molar-refractivity contribution in [3.05, 3.63) is 0 Å². The quantitative estimate of drug-likeness (QED) is 0.654. The molecule has 0 spiro atoms. The first kappa shape index (κ1) is 15.1. The number of Topliss-reactive ketones (excluding diaryl/α,β-unsaturated/α-hetero) is 1. The standard InChI is InChI=1S/C12H24N2O2/c1-5-10(6-2)12(9(4)15)14-11(16)8-13-7-3/h10,12-13H,5-8H2,1-4H3,(H,14,16). The second kappa shape index (κ2) is 8.28. The topological polar surface area (TPSA) is 58.2 Å². The van der Waals surface area contributed by atoms with Crippen molar-refractivity contribution in [3.63, 3.8) is 0 Å². The molecule has 0 heterocycles. The highest BCUT2D eigenvalue weighted by molar-refractivity contribution is 5.88. The number of amides is 1. The van der Waals surface area contributed by atoms with Gasteiger partial charge in [0, 0.05) is 0 Å². The lowest BCUT2D eigenvalue weighted by molar-refractivity contribution is -0.127. The lowest BCUT2D eigenvalue weighted by atomic mass is 9.91. The minimum absolute atomic E-state index is 0.0403. The van der Waals surface area contributed by atoms with Crippen LogP contribution in [0.4, 0.5) is 0 Å². The molecule has 1 amide bonds. The Kier molecular flexibility index (Phi) is 7.81. The van der Waals surface area contributed by atoms with Crippen LogP contribution in [0.3, 0.4) is 0 Å². The molecule has 0 saturated carbocycles. The van der Waals surface area contributed by atoms with Crippen LogP contribution in [0, 0.1) is 5.92 Å².